The van der Waals surface area contributed by atoms with Crippen molar-refractivity contribution in [1.29, 1.82) is 0 Å². The molecule has 0 aliphatic carbocycles. The van der Waals surface area contributed by atoms with E-state index < -0.39 is 5.82 Å². The number of ether oxygens (including phenoxy) is 1. The Hall–Kier alpha value is -2.11. The number of likely N-dealkylation sites (N-methyl/N-ethyl adjacent to an activating group) is 1. The van der Waals surface area contributed by atoms with E-state index >= 15 is 0 Å². The second-order valence-corrected chi connectivity index (χ2v) is 5.77. The highest BCUT2D eigenvalue weighted by Crippen LogP contribution is 2.17. The number of hydrogen-bond acceptors (Lipinski definition) is 2. The summed E-state index contributed by atoms with van der Waals surface area (Å²) >= 11 is 5.88. The van der Waals surface area contributed by atoms with Crippen LogP contribution in [0.2, 0.25) is 5.02 Å². The minimum Gasteiger partial charge on any atom is -0.494 e. The number of nitrogens with one attached hydrogen (secondary N) is 2. The predicted octanol–water partition coefficient (Wildman–Crippen LogP) is 2.14. The first kappa shape index (κ1) is 17.2. The first-order valence-corrected chi connectivity index (χ1v) is 7.55. The molecule has 0 saturated carbocycles. The fourth-order valence-electron chi connectivity index (χ4n) is 2.28. The number of methoxy groups -OCH3 is 1. The number of anilines is 1. The highest BCUT2D eigenvalue weighted by molar-refractivity contribution is 6.30. The van der Waals surface area contributed by atoms with E-state index in [2.05, 4.69) is 5.32 Å². The van der Waals surface area contributed by atoms with E-state index in [1.54, 1.807) is 36.4 Å². The van der Waals surface area contributed by atoms with Gasteiger partial charge in [-0.3, -0.25) is 4.79 Å². The third-order valence-electron chi connectivity index (χ3n) is 3.29. The number of halogens is 2. The zero-order valence-electron chi connectivity index (χ0n) is 13.0. The highest BCUT2D eigenvalue weighted by atomic mass is 35.5. The van der Waals surface area contributed by atoms with Crippen molar-refractivity contribution < 1.29 is 18.8 Å². The van der Waals surface area contributed by atoms with Crippen LogP contribution < -0.4 is 15.0 Å². The molecule has 1 atom stereocenters. The number of amides is 1. The molecule has 2 aromatic rings. The molecule has 2 N–H and O–H groups in total. The molecule has 0 fully saturated rings. The van der Waals surface area contributed by atoms with Gasteiger partial charge in [-0.2, -0.15) is 0 Å². The van der Waals surface area contributed by atoms with Crippen molar-refractivity contribution in [1.82, 2.24) is 0 Å². The molecule has 0 radical (unpaired) electrons. The maximum Gasteiger partial charge on any atom is 0.279 e. The van der Waals surface area contributed by atoms with Gasteiger partial charge in [-0.15, -0.1) is 0 Å². The van der Waals surface area contributed by atoms with Crippen molar-refractivity contribution in [3.8, 4) is 5.75 Å². The topological polar surface area (TPSA) is 42.8 Å². The number of benzene rings is 2. The highest BCUT2D eigenvalue weighted by Gasteiger charge is 2.12. The molecule has 0 bridgehead atoms. The standard InChI is InChI=1S/C17H18ClFN2O2/c1-21(10-12-6-7-16(23-2)15(19)8-12)11-17(22)20-14-5-3-4-13(18)9-14/h3-9H,10-11H2,1-2H3,(H,20,22)/p+1. The van der Waals surface area contributed by atoms with Gasteiger partial charge in [0.1, 0.15) is 6.54 Å². The molecule has 0 saturated heterocycles. The van der Waals surface area contributed by atoms with E-state index in [4.69, 9.17) is 16.3 Å². The summed E-state index contributed by atoms with van der Waals surface area (Å²) in [6, 6.07) is 11.8. The first-order valence-electron chi connectivity index (χ1n) is 7.17. The van der Waals surface area contributed by atoms with E-state index in [9.17, 15) is 9.18 Å². The maximum absolute atomic E-state index is 13.7. The van der Waals surface area contributed by atoms with E-state index in [-0.39, 0.29) is 18.2 Å². The summed E-state index contributed by atoms with van der Waals surface area (Å²) in [4.78, 5) is 13.0. The van der Waals surface area contributed by atoms with E-state index in [0.717, 1.165) is 10.5 Å². The molecular weight excluding hydrogens is 319 g/mol. The van der Waals surface area contributed by atoms with E-state index in [1.165, 1.54) is 13.2 Å². The van der Waals surface area contributed by atoms with Crippen molar-refractivity contribution in [3.63, 3.8) is 0 Å². The average Bonchev–Trinajstić information content (AvgIpc) is 2.47. The molecule has 2 rings (SSSR count). The largest absolute Gasteiger partial charge is 0.494 e. The number of carbonyl (C=O) groups is 1. The number of hydrogen-bond donors (Lipinski definition) is 2. The third-order valence-corrected chi connectivity index (χ3v) is 3.53. The van der Waals surface area contributed by atoms with Crippen LogP contribution in [0.25, 0.3) is 0 Å². The summed E-state index contributed by atoms with van der Waals surface area (Å²) in [6.07, 6.45) is 0. The van der Waals surface area contributed by atoms with Gasteiger partial charge in [0, 0.05) is 16.3 Å². The quantitative estimate of drug-likeness (QED) is 0.848. The summed E-state index contributed by atoms with van der Waals surface area (Å²) in [7, 11) is 3.30. The van der Waals surface area contributed by atoms with Crippen molar-refractivity contribution in [2.24, 2.45) is 0 Å². The Morgan fingerprint density at radius 2 is 2.09 bits per heavy atom. The summed E-state index contributed by atoms with van der Waals surface area (Å²) in [6.45, 7) is 0.796. The van der Waals surface area contributed by atoms with Gasteiger partial charge >= 0.3 is 0 Å². The van der Waals surface area contributed by atoms with Crippen molar-refractivity contribution in [2.45, 2.75) is 6.54 Å². The zero-order valence-corrected chi connectivity index (χ0v) is 13.8. The summed E-state index contributed by atoms with van der Waals surface area (Å²) in [5, 5.41) is 3.36. The van der Waals surface area contributed by atoms with E-state index in [1.807, 2.05) is 7.05 Å². The van der Waals surface area contributed by atoms with Gasteiger partial charge in [-0.05, 0) is 36.4 Å². The summed E-state index contributed by atoms with van der Waals surface area (Å²) in [5.41, 5.74) is 1.46. The van der Waals surface area contributed by atoms with Crippen LogP contribution in [0.5, 0.6) is 5.75 Å². The van der Waals surface area contributed by atoms with Crippen LogP contribution in [0, 0.1) is 5.82 Å². The van der Waals surface area contributed by atoms with Gasteiger partial charge in [-0.25, -0.2) is 4.39 Å². The zero-order chi connectivity index (χ0) is 16.8. The molecule has 0 heterocycles. The Kier molecular flexibility index (Phi) is 5.96. The maximum atomic E-state index is 13.7. The predicted molar refractivity (Wildman–Crippen MR) is 88.5 cm³/mol. The van der Waals surface area contributed by atoms with Crippen LogP contribution in [0.4, 0.5) is 10.1 Å². The molecule has 4 nitrogen and oxygen atoms in total. The number of carbonyl (C=O) groups excluding carboxylic acids is 1. The molecule has 0 spiro atoms. The van der Waals surface area contributed by atoms with Gasteiger partial charge in [-0.1, -0.05) is 17.7 Å². The Morgan fingerprint density at radius 1 is 1.30 bits per heavy atom. The first-order chi connectivity index (χ1) is 11.0. The molecule has 0 aliphatic heterocycles. The van der Waals surface area contributed by atoms with Gasteiger partial charge < -0.3 is 15.0 Å². The Labute approximate surface area is 139 Å². The van der Waals surface area contributed by atoms with Crippen LogP contribution in [0.3, 0.4) is 0 Å². The van der Waals surface area contributed by atoms with Gasteiger partial charge in [0.2, 0.25) is 0 Å². The van der Waals surface area contributed by atoms with Gasteiger partial charge in [0.05, 0.1) is 14.2 Å². The minimum absolute atomic E-state index is 0.126. The van der Waals surface area contributed by atoms with Crippen molar-refractivity contribution in [3.05, 3.63) is 58.9 Å². The van der Waals surface area contributed by atoms with Crippen molar-refractivity contribution in [2.75, 3.05) is 26.0 Å². The van der Waals surface area contributed by atoms with Crippen LogP contribution in [0.1, 0.15) is 5.56 Å². The minimum atomic E-state index is -0.402. The fourth-order valence-corrected chi connectivity index (χ4v) is 2.47. The van der Waals surface area contributed by atoms with Gasteiger partial charge in [0.25, 0.3) is 5.91 Å². The second-order valence-electron chi connectivity index (χ2n) is 5.34. The molecular formula is C17H19ClFN2O2+. The fraction of sp³-hybridized carbons (Fsp3) is 0.235. The van der Waals surface area contributed by atoms with Crippen LogP contribution in [-0.2, 0) is 11.3 Å². The second kappa shape index (κ2) is 7.94. The molecule has 2 aromatic carbocycles. The molecule has 0 aliphatic rings. The van der Waals surface area contributed by atoms with Gasteiger partial charge in [0.15, 0.2) is 18.1 Å². The molecule has 1 amide bonds. The molecule has 6 heteroatoms. The van der Waals surface area contributed by atoms with E-state index in [0.29, 0.717) is 17.3 Å². The monoisotopic (exact) mass is 337 g/mol. The van der Waals surface area contributed by atoms with Crippen LogP contribution >= 0.6 is 11.6 Å². The SMILES string of the molecule is COc1ccc(C[NH+](C)CC(=O)Nc2cccc(Cl)c2)cc1F. The number of rotatable bonds is 6. The third kappa shape index (κ3) is 5.23. The molecule has 122 valence electrons. The molecule has 0 aromatic heterocycles. The molecule has 23 heavy (non-hydrogen) atoms. The van der Waals surface area contributed by atoms with Crippen LogP contribution in [-0.4, -0.2) is 26.6 Å². The summed E-state index contributed by atoms with van der Waals surface area (Å²) < 4.78 is 18.6. The summed E-state index contributed by atoms with van der Waals surface area (Å²) in [5.74, 6) is -0.315. The van der Waals surface area contributed by atoms with Crippen LogP contribution in [0.15, 0.2) is 42.5 Å². The lowest BCUT2D eigenvalue weighted by Crippen LogP contribution is -3.08. The molecule has 1 unspecified atom stereocenters. The Morgan fingerprint density at radius 3 is 2.74 bits per heavy atom. The number of quaternary nitrogens is 1. The lowest BCUT2D eigenvalue weighted by atomic mass is 10.2. The Bertz CT molecular complexity index is 694. The lowest BCUT2D eigenvalue weighted by Gasteiger charge is -2.14. The van der Waals surface area contributed by atoms with Crippen molar-refractivity contribution >= 4 is 23.2 Å². The normalized spacial score (nSPS) is 11.8. The smallest absolute Gasteiger partial charge is 0.279 e. The average molecular weight is 338 g/mol. The lowest BCUT2D eigenvalue weighted by molar-refractivity contribution is -0.885. The Balaban J connectivity index is 1.90.